The predicted octanol–water partition coefficient (Wildman–Crippen LogP) is 1.13. The van der Waals surface area contributed by atoms with Crippen molar-refractivity contribution in [2.24, 2.45) is 5.73 Å². The molecule has 1 atom stereocenters. The fourth-order valence-corrected chi connectivity index (χ4v) is 0.810. The van der Waals surface area contributed by atoms with E-state index in [-0.39, 0.29) is 12.4 Å². The first-order valence-corrected chi connectivity index (χ1v) is 4.39. The number of carbonyl (C=O) groups is 1. The molecule has 0 unspecified atom stereocenters. The maximum Gasteiger partial charge on any atom is 0.308 e. The number of hydrogen-bond donors (Lipinski definition) is 1. The van der Waals surface area contributed by atoms with Crippen LogP contribution in [0.5, 0.6) is 0 Å². The Labute approximate surface area is 84.3 Å². The second-order valence-electron chi connectivity index (χ2n) is 3.94. The van der Waals surface area contributed by atoms with Crippen molar-refractivity contribution in [3.05, 3.63) is 12.2 Å². The molecule has 0 radical (unpaired) electrons. The van der Waals surface area contributed by atoms with Crippen LogP contribution in [0.15, 0.2) is 12.2 Å². The summed E-state index contributed by atoms with van der Waals surface area (Å²) in [6.07, 6.45) is 2.83. The minimum absolute atomic E-state index is 0.0927. The summed E-state index contributed by atoms with van der Waals surface area (Å²) in [6.45, 7) is 5.38. The van der Waals surface area contributed by atoms with Gasteiger partial charge >= 0.3 is 5.97 Å². The van der Waals surface area contributed by atoms with Gasteiger partial charge in [0.1, 0.15) is 5.60 Å². The second kappa shape index (κ2) is 5.40. The van der Waals surface area contributed by atoms with Crippen LogP contribution in [-0.2, 0) is 9.53 Å². The first-order valence-electron chi connectivity index (χ1n) is 4.39. The monoisotopic (exact) mass is 196 g/mol. The number of allylic oxidation sites excluding steroid dienone is 1. The average molecular weight is 196 g/mol. The Kier molecular flexibility index (Phi) is 4.89. The molecule has 0 aromatic heterocycles. The lowest BCUT2D eigenvalue weighted by molar-refractivity contribution is -0.154. The van der Waals surface area contributed by atoms with E-state index in [2.05, 4.69) is 0 Å². The lowest BCUT2D eigenvalue weighted by Gasteiger charge is -2.20. The summed E-state index contributed by atoms with van der Waals surface area (Å²) in [5.74, 6) is -0.354. The van der Waals surface area contributed by atoms with Crippen LogP contribution in [-0.4, -0.2) is 17.6 Å². The molecule has 0 rings (SSSR count). The van der Waals surface area contributed by atoms with Gasteiger partial charge in [-0.2, -0.15) is 5.26 Å². The fraction of sp³-hybridized carbons (Fsp3) is 0.600. The van der Waals surface area contributed by atoms with Crippen LogP contribution in [0.1, 0.15) is 27.2 Å². The quantitative estimate of drug-likeness (QED) is 0.542. The van der Waals surface area contributed by atoms with Gasteiger partial charge in [-0.05, 0) is 20.8 Å². The molecule has 0 fully saturated rings. The van der Waals surface area contributed by atoms with Gasteiger partial charge in [0.05, 0.1) is 12.5 Å². The highest BCUT2D eigenvalue weighted by atomic mass is 16.6. The Morgan fingerprint density at radius 2 is 2.21 bits per heavy atom. The minimum atomic E-state index is -0.490. The van der Waals surface area contributed by atoms with Crippen LogP contribution >= 0.6 is 0 Å². The number of rotatable bonds is 3. The van der Waals surface area contributed by atoms with Crippen molar-refractivity contribution in [3.8, 4) is 6.07 Å². The van der Waals surface area contributed by atoms with Crippen molar-refractivity contribution in [3.63, 3.8) is 0 Å². The number of carbonyl (C=O) groups excluding carboxylic acids is 1. The minimum Gasteiger partial charge on any atom is -0.460 e. The molecule has 2 N–H and O–H groups in total. The SMILES string of the molecule is CC(C)(C)OC(=O)C[C@H](N)/C=C/C#N. The van der Waals surface area contributed by atoms with Gasteiger partial charge < -0.3 is 10.5 Å². The molecule has 0 aromatic carbocycles. The Balaban J connectivity index is 3.96. The van der Waals surface area contributed by atoms with Crippen molar-refractivity contribution in [1.82, 2.24) is 0 Å². The topological polar surface area (TPSA) is 76.1 Å². The van der Waals surface area contributed by atoms with Crippen molar-refractivity contribution >= 4 is 5.97 Å². The van der Waals surface area contributed by atoms with Gasteiger partial charge in [-0.15, -0.1) is 0 Å². The van der Waals surface area contributed by atoms with Gasteiger partial charge in [-0.3, -0.25) is 4.79 Å². The first-order chi connectivity index (χ1) is 6.35. The number of esters is 1. The highest BCUT2D eigenvalue weighted by molar-refractivity contribution is 5.70. The number of hydrogen-bond acceptors (Lipinski definition) is 4. The van der Waals surface area contributed by atoms with E-state index in [1.54, 1.807) is 20.8 Å². The van der Waals surface area contributed by atoms with Crippen molar-refractivity contribution in [2.75, 3.05) is 0 Å². The molecule has 0 saturated heterocycles. The van der Waals surface area contributed by atoms with E-state index < -0.39 is 11.6 Å². The smallest absolute Gasteiger partial charge is 0.308 e. The summed E-state index contributed by atoms with van der Waals surface area (Å²) in [7, 11) is 0. The van der Waals surface area contributed by atoms with Gasteiger partial charge in [-0.25, -0.2) is 0 Å². The van der Waals surface area contributed by atoms with E-state index >= 15 is 0 Å². The predicted molar refractivity (Wildman–Crippen MR) is 53.2 cm³/mol. The number of nitriles is 1. The lowest BCUT2D eigenvalue weighted by Crippen LogP contribution is -2.29. The van der Waals surface area contributed by atoms with Crippen LogP contribution in [0.4, 0.5) is 0 Å². The molecule has 0 aliphatic carbocycles. The van der Waals surface area contributed by atoms with Crippen LogP contribution in [0.2, 0.25) is 0 Å². The summed E-state index contributed by atoms with van der Waals surface area (Å²) >= 11 is 0. The molecule has 0 aliphatic rings. The van der Waals surface area contributed by atoms with E-state index in [0.717, 1.165) is 0 Å². The van der Waals surface area contributed by atoms with Crippen molar-refractivity contribution < 1.29 is 9.53 Å². The Morgan fingerprint density at radius 1 is 1.64 bits per heavy atom. The van der Waals surface area contributed by atoms with Gasteiger partial charge in [0.25, 0.3) is 0 Å². The molecule has 0 aliphatic heterocycles. The fourth-order valence-electron chi connectivity index (χ4n) is 0.810. The number of nitrogens with zero attached hydrogens (tertiary/aromatic N) is 1. The third-order valence-corrected chi connectivity index (χ3v) is 1.24. The summed E-state index contributed by atoms with van der Waals surface area (Å²) in [5, 5.41) is 8.23. The van der Waals surface area contributed by atoms with E-state index in [0.29, 0.717) is 0 Å². The summed E-state index contributed by atoms with van der Waals surface area (Å²) in [5.41, 5.74) is 5.05. The van der Waals surface area contributed by atoms with Gasteiger partial charge in [0, 0.05) is 12.1 Å². The highest BCUT2D eigenvalue weighted by Gasteiger charge is 2.17. The van der Waals surface area contributed by atoms with E-state index in [9.17, 15) is 4.79 Å². The Morgan fingerprint density at radius 3 is 2.64 bits per heavy atom. The lowest BCUT2D eigenvalue weighted by atomic mass is 10.1. The normalized spacial score (nSPS) is 13.6. The molecule has 0 spiro atoms. The van der Waals surface area contributed by atoms with Crippen LogP contribution in [0.25, 0.3) is 0 Å². The zero-order chi connectivity index (χ0) is 11.2. The van der Waals surface area contributed by atoms with Crippen molar-refractivity contribution in [2.45, 2.75) is 38.8 Å². The molecule has 78 valence electrons. The van der Waals surface area contributed by atoms with Crippen LogP contribution in [0.3, 0.4) is 0 Å². The third-order valence-electron chi connectivity index (χ3n) is 1.24. The zero-order valence-electron chi connectivity index (χ0n) is 8.78. The summed E-state index contributed by atoms with van der Waals surface area (Å²) < 4.78 is 5.05. The molecule has 0 amide bonds. The summed E-state index contributed by atoms with van der Waals surface area (Å²) in [4.78, 5) is 11.2. The first kappa shape index (κ1) is 12.7. The maximum atomic E-state index is 11.2. The summed E-state index contributed by atoms with van der Waals surface area (Å²) in [6, 6.07) is 1.35. The van der Waals surface area contributed by atoms with E-state index in [1.165, 1.54) is 12.2 Å². The van der Waals surface area contributed by atoms with Crippen LogP contribution in [0, 0.1) is 11.3 Å². The largest absolute Gasteiger partial charge is 0.460 e. The van der Waals surface area contributed by atoms with Gasteiger partial charge in [0.2, 0.25) is 0 Å². The molecule has 14 heavy (non-hydrogen) atoms. The molecule has 0 aromatic rings. The van der Waals surface area contributed by atoms with E-state index in [4.69, 9.17) is 15.7 Å². The molecular weight excluding hydrogens is 180 g/mol. The molecule has 4 heteroatoms. The Hall–Kier alpha value is -1.34. The molecule has 0 bridgehead atoms. The molecular formula is C10H16N2O2. The number of nitrogens with two attached hydrogens (primary N) is 1. The molecule has 4 nitrogen and oxygen atoms in total. The third kappa shape index (κ3) is 7.32. The van der Waals surface area contributed by atoms with Crippen LogP contribution < -0.4 is 5.73 Å². The number of ether oxygens (including phenoxy) is 1. The standard InChI is InChI=1S/C10H16N2O2/c1-10(2,3)14-9(13)7-8(12)5-4-6-11/h4-5,8H,7,12H2,1-3H3/b5-4+/t8-/m1/s1. The van der Waals surface area contributed by atoms with Gasteiger partial charge in [-0.1, -0.05) is 6.08 Å². The Bertz CT molecular complexity index is 258. The average Bonchev–Trinajstić information content (AvgIpc) is 1.96. The van der Waals surface area contributed by atoms with E-state index in [1.807, 2.05) is 6.07 Å². The second-order valence-corrected chi connectivity index (χ2v) is 3.94. The molecule has 0 heterocycles. The zero-order valence-corrected chi connectivity index (χ0v) is 8.78. The molecule has 0 saturated carbocycles. The maximum absolute atomic E-state index is 11.2. The van der Waals surface area contributed by atoms with Crippen molar-refractivity contribution in [1.29, 1.82) is 5.26 Å². The van der Waals surface area contributed by atoms with Gasteiger partial charge in [0.15, 0.2) is 0 Å². The highest BCUT2D eigenvalue weighted by Crippen LogP contribution is 2.08.